The van der Waals surface area contributed by atoms with Gasteiger partial charge in [-0.25, -0.2) is 13.2 Å². The Kier molecular flexibility index (Phi) is 4.34. The molecule has 1 aromatic carbocycles. The summed E-state index contributed by atoms with van der Waals surface area (Å²) >= 11 is 0. The second kappa shape index (κ2) is 5.82. The zero-order chi connectivity index (χ0) is 14.0. The van der Waals surface area contributed by atoms with Gasteiger partial charge in [-0.3, -0.25) is 0 Å². The number of hydrogen-bond donors (Lipinski definition) is 1. The Morgan fingerprint density at radius 3 is 2.42 bits per heavy atom. The van der Waals surface area contributed by atoms with Gasteiger partial charge in [0.1, 0.15) is 0 Å². The van der Waals surface area contributed by atoms with Crippen molar-refractivity contribution in [1.29, 1.82) is 0 Å². The molecule has 0 bridgehead atoms. The highest BCUT2D eigenvalue weighted by atomic mass is 19.2. The summed E-state index contributed by atoms with van der Waals surface area (Å²) < 4.78 is 39.4. The maximum Gasteiger partial charge on any atom is 0.194 e. The molecule has 0 spiro atoms. The van der Waals surface area contributed by atoms with Crippen molar-refractivity contribution < 1.29 is 13.2 Å². The Morgan fingerprint density at radius 1 is 1.26 bits per heavy atom. The van der Waals surface area contributed by atoms with Gasteiger partial charge in [-0.15, -0.1) is 0 Å². The number of piperidine rings is 1. The first-order valence-electron chi connectivity index (χ1n) is 6.65. The number of nitrogens with one attached hydrogen (secondary N) is 1. The molecule has 1 aliphatic rings. The number of hydrogen-bond acceptors (Lipinski definition) is 2. The largest absolute Gasteiger partial charge is 0.371 e. The summed E-state index contributed by atoms with van der Waals surface area (Å²) in [6.45, 7) is 6.50. The lowest BCUT2D eigenvalue weighted by atomic mass is 9.93. The van der Waals surface area contributed by atoms with Gasteiger partial charge in [0.15, 0.2) is 17.5 Å². The molecule has 0 saturated carbocycles. The van der Waals surface area contributed by atoms with Crippen LogP contribution in [0.4, 0.5) is 18.9 Å². The molecular formula is C14H19F3N2. The number of halogens is 3. The van der Waals surface area contributed by atoms with Gasteiger partial charge in [-0.2, -0.15) is 0 Å². The Hall–Kier alpha value is -1.23. The molecule has 2 atom stereocenters. The molecule has 0 aliphatic carbocycles. The predicted octanol–water partition coefficient (Wildman–Crippen LogP) is 2.93. The molecule has 2 rings (SSSR count). The maximum absolute atomic E-state index is 13.2. The summed E-state index contributed by atoms with van der Waals surface area (Å²) in [6.07, 6.45) is 0.912. The summed E-state index contributed by atoms with van der Waals surface area (Å²) in [4.78, 5) is 1.91. The Bertz CT molecular complexity index is 427. The van der Waals surface area contributed by atoms with Crippen molar-refractivity contribution >= 4 is 5.69 Å². The van der Waals surface area contributed by atoms with Crippen molar-refractivity contribution in [2.75, 3.05) is 24.5 Å². The van der Waals surface area contributed by atoms with E-state index >= 15 is 0 Å². The zero-order valence-corrected chi connectivity index (χ0v) is 11.2. The molecule has 1 fully saturated rings. The van der Waals surface area contributed by atoms with E-state index in [0.717, 1.165) is 25.1 Å². The van der Waals surface area contributed by atoms with Crippen LogP contribution in [0.15, 0.2) is 12.1 Å². The van der Waals surface area contributed by atoms with E-state index < -0.39 is 17.5 Å². The first-order valence-corrected chi connectivity index (χ1v) is 6.65. The van der Waals surface area contributed by atoms with Gasteiger partial charge in [-0.1, -0.05) is 13.8 Å². The topological polar surface area (TPSA) is 15.3 Å². The van der Waals surface area contributed by atoms with Crippen molar-refractivity contribution in [2.45, 2.75) is 26.3 Å². The first-order chi connectivity index (χ1) is 9.02. The molecule has 0 aromatic heterocycles. The average Bonchev–Trinajstić information content (AvgIpc) is 2.38. The number of nitrogens with zero attached hydrogens (tertiary/aromatic N) is 1. The van der Waals surface area contributed by atoms with Crippen LogP contribution in [0.5, 0.6) is 0 Å². The third-order valence-corrected chi connectivity index (χ3v) is 3.71. The zero-order valence-electron chi connectivity index (χ0n) is 11.2. The van der Waals surface area contributed by atoms with Crippen LogP contribution >= 0.6 is 0 Å². The molecule has 1 aliphatic heterocycles. The fraction of sp³-hybridized carbons (Fsp3) is 0.571. The van der Waals surface area contributed by atoms with Gasteiger partial charge < -0.3 is 10.2 Å². The standard InChI is InChI=1S/C14H19F3N2/c1-3-18-13-4-5-19(8-9(13)2)10-6-11(15)14(17)12(16)7-10/h6-7,9,13,18H,3-5,8H2,1-2H3. The molecule has 106 valence electrons. The second-order valence-electron chi connectivity index (χ2n) is 5.10. The lowest BCUT2D eigenvalue weighted by Crippen LogP contribution is -2.48. The van der Waals surface area contributed by atoms with Gasteiger partial charge in [0.25, 0.3) is 0 Å². The first kappa shape index (κ1) is 14.2. The highest BCUT2D eigenvalue weighted by molar-refractivity contribution is 5.47. The van der Waals surface area contributed by atoms with Crippen molar-refractivity contribution in [1.82, 2.24) is 5.32 Å². The highest BCUT2D eigenvalue weighted by Gasteiger charge is 2.26. The monoisotopic (exact) mass is 272 g/mol. The van der Waals surface area contributed by atoms with E-state index in [4.69, 9.17) is 0 Å². The van der Waals surface area contributed by atoms with Crippen LogP contribution in [-0.4, -0.2) is 25.7 Å². The second-order valence-corrected chi connectivity index (χ2v) is 5.10. The highest BCUT2D eigenvalue weighted by Crippen LogP contribution is 2.26. The molecule has 1 N–H and O–H groups in total. The molecule has 1 aromatic rings. The van der Waals surface area contributed by atoms with Crippen molar-refractivity contribution in [3.63, 3.8) is 0 Å². The summed E-state index contributed by atoms with van der Waals surface area (Å²) in [7, 11) is 0. The molecule has 0 amide bonds. The normalized spacial score (nSPS) is 23.7. The van der Waals surface area contributed by atoms with E-state index in [1.54, 1.807) is 0 Å². The van der Waals surface area contributed by atoms with E-state index in [-0.39, 0.29) is 0 Å². The van der Waals surface area contributed by atoms with Crippen LogP contribution in [0.2, 0.25) is 0 Å². The summed E-state index contributed by atoms with van der Waals surface area (Å²) in [5.74, 6) is -3.28. The minimum atomic E-state index is -1.40. The van der Waals surface area contributed by atoms with Crippen LogP contribution < -0.4 is 10.2 Å². The van der Waals surface area contributed by atoms with Crippen molar-refractivity contribution in [3.05, 3.63) is 29.6 Å². The molecule has 19 heavy (non-hydrogen) atoms. The minimum Gasteiger partial charge on any atom is -0.371 e. The van der Waals surface area contributed by atoms with Gasteiger partial charge in [0.2, 0.25) is 0 Å². The van der Waals surface area contributed by atoms with E-state index in [2.05, 4.69) is 19.2 Å². The van der Waals surface area contributed by atoms with Crippen LogP contribution in [0.25, 0.3) is 0 Å². The summed E-state index contributed by atoms with van der Waals surface area (Å²) in [6, 6.07) is 2.56. The van der Waals surface area contributed by atoms with E-state index in [9.17, 15) is 13.2 Å². The molecule has 2 nitrogen and oxygen atoms in total. The molecule has 5 heteroatoms. The average molecular weight is 272 g/mol. The molecular weight excluding hydrogens is 253 g/mol. The van der Waals surface area contributed by atoms with E-state index in [1.165, 1.54) is 0 Å². The van der Waals surface area contributed by atoms with E-state index in [1.807, 2.05) is 4.90 Å². The lowest BCUT2D eigenvalue weighted by Gasteiger charge is -2.38. The molecule has 1 heterocycles. The predicted molar refractivity (Wildman–Crippen MR) is 69.8 cm³/mol. The Balaban J connectivity index is 2.12. The quantitative estimate of drug-likeness (QED) is 0.851. The van der Waals surface area contributed by atoms with Crippen LogP contribution in [0.3, 0.4) is 0 Å². The Morgan fingerprint density at radius 2 is 1.89 bits per heavy atom. The van der Waals surface area contributed by atoms with Crippen molar-refractivity contribution in [2.24, 2.45) is 5.92 Å². The van der Waals surface area contributed by atoms with Gasteiger partial charge in [-0.05, 0) is 18.9 Å². The van der Waals surface area contributed by atoms with Gasteiger partial charge in [0.05, 0.1) is 0 Å². The third kappa shape index (κ3) is 3.03. The van der Waals surface area contributed by atoms with E-state index in [0.29, 0.717) is 30.7 Å². The van der Waals surface area contributed by atoms with Gasteiger partial charge in [0, 0.05) is 37.0 Å². The Labute approximate surface area is 111 Å². The smallest absolute Gasteiger partial charge is 0.194 e. The summed E-state index contributed by atoms with van der Waals surface area (Å²) in [5, 5.41) is 3.40. The minimum absolute atomic E-state index is 0.380. The summed E-state index contributed by atoms with van der Waals surface area (Å²) in [5.41, 5.74) is 0.415. The third-order valence-electron chi connectivity index (χ3n) is 3.71. The fourth-order valence-electron chi connectivity index (χ4n) is 2.67. The molecule has 1 saturated heterocycles. The van der Waals surface area contributed by atoms with Crippen LogP contribution in [-0.2, 0) is 0 Å². The fourth-order valence-corrected chi connectivity index (χ4v) is 2.67. The lowest BCUT2D eigenvalue weighted by molar-refractivity contribution is 0.326. The molecule has 2 unspecified atom stereocenters. The number of anilines is 1. The molecule has 0 radical (unpaired) electrons. The SMILES string of the molecule is CCNC1CCN(c2cc(F)c(F)c(F)c2)CC1C. The van der Waals surface area contributed by atoms with Crippen molar-refractivity contribution in [3.8, 4) is 0 Å². The van der Waals surface area contributed by atoms with Crippen LogP contribution in [0, 0.1) is 23.4 Å². The maximum atomic E-state index is 13.2. The van der Waals surface area contributed by atoms with Gasteiger partial charge >= 0.3 is 0 Å². The number of benzene rings is 1. The van der Waals surface area contributed by atoms with Crippen LogP contribution in [0.1, 0.15) is 20.3 Å². The number of rotatable bonds is 3.